The second kappa shape index (κ2) is 5.71. The molecule has 0 fully saturated rings. The first-order valence-corrected chi connectivity index (χ1v) is 4.89. The van der Waals surface area contributed by atoms with Gasteiger partial charge in [0.15, 0.2) is 4.77 Å². The zero-order chi connectivity index (χ0) is 12.8. The fraction of sp³-hybridized carbons (Fsp3) is 0. The molecular weight excluding hydrogens is 244 g/mol. The van der Waals surface area contributed by atoms with E-state index < -0.39 is 5.97 Å². The fourth-order valence-corrected chi connectivity index (χ4v) is 1.11. The van der Waals surface area contributed by atoms with E-state index in [1.165, 1.54) is 6.07 Å². The molecule has 0 unspecified atom stereocenters. The van der Waals surface area contributed by atoms with E-state index >= 15 is 0 Å². The normalized spacial score (nSPS) is 9.18. The predicted octanol–water partition coefficient (Wildman–Crippen LogP) is 1.87. The van der Waals surface area contributed by atoms with Gasteiger partial charge in [-0.05, 0) is 30.4 Å². The van der Waals surface area contributed by atoms with Crippen molar-refractivity contribution in [3.05, 3.63) is 40.9 Å². The van der Waals surface area contributed by atoms with E-state index in [2.05, 4.69) is 22.2 Å². The lowest BCUT2D eigenvalue weighted by molar-refractivity contribution is 0.0693. The number of hydrogen-bond acceptors (Lipinski definition) is 4. The number of rotatable bonds is 1. The predicted molar refractivity (Wildman–Crippen MR) is 62.7 cm³/mol. The number of aromatic nitrogens is 2. The SMILES string of the molecule is O=C(O)c1cc(O)ccc1O.S=c1[nH]cc[nH]1. The van der Waals surface area contributed by atoms with Gasteiger partial charge in [-0.25, -0.2) is 4.79 Å². The Labute approximate surface area is 101 Å². The first-order valence-electron chi connectivity index (χ1n) is 4.48. The molecule has 6 nitrogen and oxygen atoms in total. The van der Waals surface area contributed by atoms with Crippen LogP contribution in [0.1, 0.15) is 10.4 Å². The van der Waals surface area contributed by atoms with Crippen LogP contribution in [0.2, 0.25) is 0 Å². The Bertz CT molecular complexity index is 545. The average Bonchev–Trinajstić information content (AvgIpc) is 2.73. The molecule has 0 atom stereocenters. The Balaban J connectivity index is 0.000000202. The highest BCUT2D eigenvalue weighted by atomic mass is 32.1. The van der Waals surface area contributed by atoms with Crippen LogP contribution in [0.5, 0.6) is 11.5 Å². The number of phenolic OH excluding ortho intramolecular Hbond substituents is 1. The maximum atomic E-state index is 10.3. The summed E-state index contributed by atoms with van der Waals surface area (Å²) < 4.78 is 0.676. The number of benzene rings is 1. The van der Waals surface area contributed by atoms with E-state index in [1.807, 2.05) is 0 Å². The third-order valence-corrected chi connectivity index (χ3v) is 1.96. The van der Waals surface area contributed by atoms with Crippen molar-refractivity contribution in [2.75, 3.05) is 0 Å². The average molecular weight is 254 g/mol. The molecule has 0 aliphatic heterocycles. The van der Waals surface area contributed by atoms with Crippen molar-refractivity contribution in [3.8, 4) is 11.5 Å². The summed E-state index contributed by atoms with van der Waals surface area (Å²) in [7, 11) is 0. The quantitative estimate of drug-likeness (QED) is 0.394. The van der Waals surface area contributed by atoms with Crippen LogP contribution < -0.4 is 0 Å². The molecule has 90 valence electrons. The number of H-pyrrole nitrogens is 2. The third kappa shape index (κ3) is 3.99. The molecule has 0 saturated carbocycles. The van der Waals surface area contributed by atoms with Gasteiger partial charge in [-0.3, -0.25) is 0 Å². The van der Waals surface area contributed by atoms with Crippen LogP contribution >= 0.6 is 12.2 Å². The maximum Gasteiger partial charge on any atom is 0.339 e. The van der Waals surface area contributed by atoms with E-state index in [1.54, 1.807) is 12.4 Å². The number of aromatic amines is 2. The van der Waals surface area contributed by atoms with Gasteiger partial charge in [-0.15, -0.1) is 0 Å². The molecule has 0 spiro atoms. The lowest BCUT2D eigenvalue weighted by atomic mass is 10.2. The van der Waals surface area contributed by atoms with Gasteiger partial charge >= 0.3 is 5.97 Å². The number of hydrogen-bond donors (Lipinski definition) is 5. The van der Waals surface area contributed by atoms with Crippen molar-refractivity contribution in [2.45, 2.75) is 0 Å². The summed E-state index contributed by atoms with van der Waals surface area (Å²) in [6.07, 6.45) is 3.50. The molecular formula is C10H10N2O4S. The minimum Gasteiger partial charge on any atom is -0.508 e. The number of carbonyl (C=O) groups is 1. The van der Waals surface area contributed by atoms with E-state index in [0.717, 1.165) is 12.1 Å². The van der Waals surface area contributed by atoms with E-state index in [0.29, 0.717) is 4.77 Å². The zero-order valence-electron chi connectivity index (χ0n) is 8.54. The summed E-state index contributed by atoms with van der Waals surface area (Å²) in [5, 5.41) is 26.1. The first-order chi connectivity index (χ1) is 8.00. The monoisotopic (exact) mass is 254 g/mol. The van der Waals surface area contributed by atoms with Gasteiger partial charge < -0.3 is 25.3 Å². The molecule has 7 heteroatoms. The lowest BCUT2D eigenvalue weighted by Gasteiger charge is -1.98. The van der Waals surface area contributed by atoms with Gasteiger partial charge in [0.25, 0.3) is 0 Å². The number of nitrogens with one attached hydrogen (secondary N) is 2. The Morgan fingerprint density at radius 2 is 1.76 bits per heavy atom. The molecule has 0 bridgehead atoms. The molecule has 1 aromatic heterocycles. The highest BCUT2D eigenvalue weighted by Gasteiger charge is 2.08. The van der Waals surface area contributed by atoms with E-state index in [-0.39, 0.29) is 17.1 Å². The van der Waals surface area contributed by atoms with Crippen LogP contribution in [0.4, 0.5) is 0 Å². The Hall–Kier alpha value is -2.28. The van der Waals surface area contributed by atoms with E-state index in [4.69, 9.17) is 15.3 Å². The fourth-order valence-electron chi connectivity index (χ4n) is 0.972. The van der Waals surface area contributed by atoms with Crippen LogP contribution in [-0.4, -0.2) is 31.3 Å². The van der Waals surface area contributed by atoms with Crippen LogP contribution in [0, 0.1) is 4.77 Å². The summed E-state index contributed by atoms with van der Waals surface area (Å²) >= 11 is 4.63. The minimum absolute atomic E-state index is 0.180. The molecule has 0 aliphatic carbocycles. The second-order valence-corrected chi connectivity index (χ2v) is 3.37. The summed E-state index contributed by atoms with van der Waals surface area (Å²) in [5.74, 6) is -1.80. The van der Waals surface area contributed by atoms with Crippen LogP contribution in [0.3, 0.4) is 0 Å². The molecule has 5 N–H and O–H groups in total. The minimum atomic E-state index is -1.27. The lowest BCUT2D eigenvalue weighted by Crippen LogP contribution is -1.95. The van der Waals surface area contributed by atoms with Crippen LogP contribution in [0.25, 0.3) is 0 Å². The van der Waals surface area contributed by atoms with Gasteiger partial charge in [0, 0.05) is 12.4 Å². The molecule has 1 heterocycles. The number of carboxylic acid groups (broad SMARTS) is 1. The number of imidazole rings is 1. The molecule has 2 rings (SSSR count). The summed E-state index contributed by atoms with van der Waals surface area (Å²) in [6, 6.07) is 3.32. The van der Waals surface area contributed by atoms with Crippen LogP contribution in [0.15, 0.2) is 30.6 Å². The Morgan fingerprint density at radius 1 is 1.18 bits per heavy atom. The van der Waals surface area contributed by atoms with E-state index in [9.17, 15) is 4.79 Å². The van der Waals surface area contributed by atoms with Gasteiger partial charge in [-0.2, -0.15) is 0 Å². The molecule has 0 aliphatic rings. The maximum absolute atomic E-state index is 10.3. The van der Waals surface area contributed by atoms with Gasteiger partial charge in [-0.1, -0.05) is 0 Å². The van der Waals surface area contributed by atoms with Crippen molar-refractivity contribution in [1.82, 2.24) is 9.97 Å². The number of aromatic hydroxyl groups is 2. The molecule has 17 heavy (non-hydrogen) atoms. The summed E-state index contributed by atoms with van der Waals surface area (Å²) in [6.45, 7) is 0. The first kappa shape index (κ1) is 12.8. The standard InChI is InChI=1S/C7H6O4.C3H4N2S/c8-4-1-2-6(9)5(3-4)7(10)11;6-3-4-1-2-5-3/h1-3,8-9H,(H,10,11);1-2H,(H2,4,5,6). The largest absolute Gasteiger partial charge is 0.508 e. The molecule has 2 aromatic rings. The third-order valence-electron chi connectivity index (χ3n) is 1.72. The van der Waals surface area contributed by atoms with Crippen molar-refractivity contribution in [3.63, 3.8) is 0 Å². The summed E-state index contributed by atoms with van der Waals surface area (Å²) in [5.41, 5.74) is -0.301. The topological polar surface area (TPSA) is 109 Å². The highest BCUT2D eigenvalue weighted by Crippen LogP contribution is 2.21. The highest BCUT2D eigenvalue weighted by molar-refractivity contribution is 7.71. The van der Waals surface area contributed by atoms with Crippen LogP contribution in [-0.2, 0) is 0 Å². The molecule has 0 radical (unpaired) electrons. The van der Waals surface area contributed by atoms with Crippen molar-refractivity contribution < 1.29 is 20.1 Å². The van der Waals surface area contributed by atoms with Gasteiger partial charge in [0.2, 0.25) is 0 Å². The Morgan fingerprint density at radius 3 is 2.12 bits per heavy atom. The molecule has 0 saturated heterocycles. The van der Waals surface area contributed by atoms with Crippen molar-refractivity contribution in [1.29, 1.82) is 0 Å². The zero-order valence-corrected chi connectivity index (χ0v) is 9.36. The number of carboxylic acids is 1. The smallest absolute Gasteiger partial charge is 0.339 e. The second-order valence-electron chi connectivity index (χ2n) is 2.96. The van der Waals surface area contributed by atoms with Gasteiger partial charge in [0.1, 0.15) is 17.1 Å². The number of aromatic carboxylic acids is 1. The summed E-state index contributed by atoms with van der Waals surface area (Å²) in [4.78, 5) is 15.8. The molecule has 1 aromatic carbocycles. The Kier molecular flexibility index (Phi) is 4.29. The number of phenols is 2. The van der Waals surface area contributed by atoms with Crippen molar-refractivity contribution in [2.24, 2.45) is 0 Å². The molecule has 0 amide bonds. The van der Waals surface area contributed by atoms with Crippen molar-refractivity contribution >= 4 is 18.2 Å². The van der Waals surface area contributed by atoms with Gasteiger partial charge in [0.05, 0.1) is 0 Å².